The van der Waals surface area contributed by atoms with Crippen molar-refractivity contribution in [1.29, 1.82) is 0 Å². The van der Waals surface area contributed by atoms with Gasteiger partial charge >= 0.3 is 0 Å². The Morgan fingerprint density at radius 1 is 0.696 bits per heavy atom. The molecule has 0 saturated carbocycles. The van der Waals surface area contributed by atoms with Crippen LogP contribution in [0.15, 0.2) is 0 Å². The van der Waals surface area contributed by atoms with E-state index < -0.39 is 0 Å². The van der Waals surface area contributed by atoms with E-state index >= 15 is 0 Å². The molecule has 0 radical (unpaired) electrons. The molecule has 1 N–H and O–H groups in total. The van der Waals surface area contributed by atoms with Crippen molar-refractivity contribution >= 4 is 18.5 Å². The molecule has 0 heterocycles. The standard InChI is InChI=1S/C20H41NOS/c1-2-3-4-5-6-7-8-9-10-11-12-13-14-15-16-17-20(22)21-18-19-23/h23H,2-19H2,1H3,(H,21,22). The molecular weight excluding hydrogens is 302 g/mol. The first-order chi connectivity index (χ1) is 11.3. The molecule has 0 atom stereocenters. The zero-order chi connectivity index (χ0) is 17.0. The number of nitrogens with one attached hydrogen (secondary N) is 1. The number of carbonyl (C=O) groups excluding carboxylic acids is 1. The highest BCUT2D eigenvalue weighted by Gasteiger charge is 1.99. The zero-order valence-electron chi connectivity index (χ0n) is 15.6. The molecule has 0 aromatic rings. The molecule has 0 aromatic carbocycles. The van der Waals surface area contributed by atoms with E-state index in [1.807, 2.05) is 0 Å². The molecular formula is C20H41NOS. The zero-order valence-corrected chi connectivity index (χ0v) is 16.5. The largest absolute Gasteiger partial charge is 0.355 e. The summed E-state index contributed by atoms with van der Waals surface area (Å²) in [5, 5.41) is 2.87. The monoisotopic (exact) mass is 343 g/mol. The van der Waals surface area contributed by atoms with E-state index in [0.717, 1.165) is 12.2 Å². The number of unbranched alkanes of at least 4 members (excludes halogenated alkanes) is 14. The van der Waals surface area contributed by atoms with Crippen molar-refractivity contribution < 1.29 is 4.79 Å². The maximum Gasteiger partial charge on any atom is 0.220 e. The topological polar surface area (TPSA) is 29.1 Å². The maximum absolute atomic E-state index is 11.4. The Hall–Kier alpha value is -0.180. The summed E-state index contributed by atoms with van der Waals surface area (Å²) in [5.41, 5.74) is 0. The highest BCUT2D eigenvalue weighted by molar-refractivity contribution is 7.80. The van der Waals surface area contributed by atoms with Crippen molar-refractivity contribution in [2.24, 2.45) is 0 Å². The SMILES string of the molecule is CCCCCCCCCCCCCCCCCC(=O)NCCS. The lowest BCUT2D eigenvalue weighted by molar-refractivity contribution is -0.121. The fourth-order valence-electron chi connectivity index (χ4n) is 2.94. The Morgan fingerprint density at radius 3 is 1.48 bits per heavy atom. The van der Waals surface area contributed by atoms with E-state index in [4.69, 9.17) is 0 Å². The van der Waals surface area contributed by atoms with Gasteiger partial charge in [-0.2, -0.15) is 12.6 Å². The Bertz CT molecular complexity index is 246. The van der Waals surface area contributed by atoms with E-state index in [9.17, 15) is 4.79 Å². The molecule has 2 nitrogen and oxygen atoms in total. The highest BCUT2D eigenvalue weighted by Crippen LogP contribution is 2.13. The van der Waals surface area contributed by atoms with Crippen molar-refractivity contribution in [2.75, 3.05) is 12.3 Å². The van der Waals surface area contributed by atoms with Gasteiger partial charge in [-0.15, -0.1) is 0 Å². The number of thiol groups is 1. The smallest absolute Gasteiger partial charge is 0.220 e. The van der Waals surface area contributed by atoms with Gasteiger partial charge in [0, 0.05) is 18.7 Å². The van der Waals surface area contributed by atoms with Crippen LogP contribution < -0.4 is 5.32 Å². The maximum atomic E-state index is 11.4. The third-order valence-electron chi connectivity index (χ3n) is 4.44. The number of hydrogen-bond acceptors (Lipinski definition) is 2. The molecule has 138 valence electrons. The van der Waals surface area contributed by atoms with Gasteiger partial charge in [-0.3, -0.25) is 4.79 Å². The minimum absolute atomic E-state index is 0.189. The Morgan fingerprint density at radius 2 is 1.09 bits per heavy atom. The number of hydrogen-bond donors (Lipinski definition) is 2. The number of rotatable bonds is 18. The predicted octanol–water partition coefficient (Wildman–Crippen LogP) is 6.29. The van der Waals surface area contributed by atoms with Gasteiger partial charge in [-0.1, -0.05) is 96.8 Å². The van der Waals surface area contributed by atoms with Gasteiger partial charge in [0.05, 0.1) is 0 Å². The van der Waals surface area contributed by atoms with Gasteiger partial charge < -0.3 is 5.32 Å². The summed E-state index contributed by atoms with van der Waals surface area (Å²) in [6.07, 6.45) is 21.2. The summed E-state index contributed by atoms with van der Waals surface area (Å²) >= 11 is 4.08. The summed E-state index contributed by atoms with van der Waals surface area (Å²) in [4.78, 5) is 11.4. The van der Waals surface area contributed by atoms with Crippen molar-refractivity contribution in [3.05, 3.63) is 0 Å². The normalized spacial score (nSPS) is 10.9. The molecule has 0 aromatic heterocycles. The molecule has 3 heteroatoms. The average molecular weight is 344 g/mol. The molecule has 0 bridgehead atoms. The van der Waals surface area contributed by atoms with Crippen LogP contribution >= 0.6 is 12.6 Å². The van der Waals surface area contributed by atoms with Crippen LogP contribution in [0.2, 0.25) is 0 Å². The third kappa shape index (κ3) is 19.8. The van der Waals surface area contributed by atoms with Crippen molar-refractivity contribution in [2.45, 2.75) is 110 Å². The Labute approximate surface area is 151 Å². The predicted molar refractivity (Wildman–Crippen MR) is 106 cm³/mol. The summed E-state index contributed by atoms with van der Waals surface area (Å²) < 4.78 is 0. The van der Waals surface area contributed by atoms with E-state index in [-0.39, 0.29) is 5.91 Å². The lowest BCUT2D eigenvalue weighted by Gasteiger charge is -2.04. The molecule has 1 amide bonds. The third-order valence-corrected chi connectivity index (χ3v) is 4.66. The van der Waals surface area contributed by atoms with Crippen molar-refractivity contribution in [1.82, 2.24) is 5.32 Å². The first-order valence-corrected chi connectivity index (χ1v) is 10.8. The molecule has 0 unspecified atom stereocenters. The van der Waals surface area contributed by atoms with Crippen LogP contribution in [0.3, 0.4) is 0 Å². The second-order valence-corrected chi connectivity index (χ2v) is 7.22. The molecule has 0 aliphatic rings. The van der Waals surface area contributed by atoms with Crippen LogP contribution in [0.25, 0.3) is 0 Å². The molecule has 0 rings (SSSR count). The van der Waals surface area contributed by atoms with Gasteiger partial charge in [0.15, 0.2) is 0 Å². The average Bonchev–Trinajstić information content (AvgIpc) is 2.56. The second kappa shape index (κ2) is 19.9. The van der Waals surface area contributed by atoms with Crippen LogP contribution in [0.4, 0.5) is 0 Å². The summed E-state index contributed by atoms with van der Waals surface area (Å²) in [6, 6.07) is 0. The highest BCUT2D eigenvalue weighted by atomic mass is 32.1. The van der Waals surface area contributed by atoms with E-state index in [0.29, 0.717) is 13.0 Å². The summed E-state index contributed by atoms with van der Waals surface area (Å²) in [5.74, 6) is 0.915. The van der Waals surface area contributed by atoms with Crippen molar-refractivity contribution in [3.8, 4) is 0 Å². The lowest BCUT2D eigenvalue weighted by Crippen LogP contribution is -2.24. The van der Waals surface area contributed by atoms with Crippen LogP contribution in [-0.2, 0) is 4.79 Å². The van der Waals surface area contributed by atoms with E-state index in [1.54, 1.807) is 0 Å². The Kier molecular flexibility index (Phi) is 19.7. The minimum atomic E-state index is 0.189. The van der Waals surface area contributed by atoms with Gasteiger partial charge in [0.2, 0.25) is 5.91 Å². The molecule has 0 fully saturated rings. The molecule has 0 spiro atoms. The molecule has 0 aliphatic carbocycles. The van der Waals surface area contributed by atoms with Gasteiger partial charge in [-0.05, 0) is 6.42 Å². The van der Waals surface area contributed by atoms with E-state index in [2.05, 4.69) is 24.9 Å². The van der Waals surface area contributed by atoms with Gasteiger partial charge in [0.1, 0.15) is 0 Å². The Balaban J connectivity index is 3.04. The molecule has 0 aliphatic heterocycles. The first kappa shape index (κ1) is 22.8. The van der Waals surface area contributed by atoms with Crippen LogP contribution in [0, 0.1) is 0 Å². The lowest BCUT2D eigenvalue weighted by atomic mass is 10.0. The number of carbonyl (C=O) groups is 1. The summed E-state index contributed by atoms with van der Waals surface area (Å²) in [6.45, 7) is 2.97. The molecule has 0 saturated heterocycles. The fraction of sp³-hybridized carbons (Fsp3) is 0.950. The number of amides is 1. The molecule has 23 heavy (non-hydrogen) atoms. The van der Waals surface area contributed by atoms with Gasteiger partial charge in [0.25, 0.3) is 0 Å². The fourth-order valence-corrected chi connectivity index (χ4v) is 3.05. The first-order valence-electron chi connectivity index (χ1n) is 10.2. The quantitative estimate of drug-likeness (QED) is 0.222. The van der Waals surface area contributed by atoms with Crippen LogP contribution in [0.1, 0.15) is 110 Å². The van der Waals surface area contributed by atoms with Crippen molar-refractivity contribution in [3.63, 3.8) is 0 Å². The van der Waals surface area contributed by atoms with E-state index in [1.165, 1.54) is 89.9 Å². The minimum Gasteiger partial charge on any atom is -0.355 e. The van der Waals surface area contributed by atoms with Gasteiger partial charge in [-0.25, -0.2) is 0 Å². The van der Waals surface area contributed by atoms with Crippen LogP contribution in [0.5, 0.6) is 0 Å². The second-order valence-electron chi connectivity index (χ2n) is 6.77. The summed E-state index contributed by atoms with van der Waals surface area (Å²) in [7, 11) is 0. The van der Waals surface area contributed by atoms with Crippen LogP contribution in [-0.4, -0.2) is 18.2 Å².